The summed E-state index contributed by atoms with van der Waals surface area (Å²) >= 11 is 0. The quantitative estimate of drug-likeness (QED) is 0.366. The normalized spacial score (nSPS) is 18.8. The van der Waals surface area contributed by atoms with Gasteiger partial charge in [0.1, 0.15) is 0 Å². The maximum Gasteiger partial charge on any atom is 0.308 e. The molecular formula is C21H39N3O4. The van der Waals surface area contributed by atoms with Crippen molar-refractivity contribution in [3.8, 4) is 0 Å². The van der Waals surface area contributed by atoms with Crippen molar-refractivity contribution in [1.82, 2.24) is 4.90 Å². The number of amides is 2. The molecule has 1 fully saturated rings. The number of carbonyl (C=O) groups is 3. The van der Waals surface area contributed by atoms with Crippen LogP contribution >= 0.6 is 0 Å². The molecule has 1 rings (SSSR count). The molecular weight excluding hydrogens is 358 g/mol. The van der Waals surface area contributed by atoms with Crippen LogP contribution < -0.4 is 11.5 Å². The average Bonchev–Trinajstić information content (AvgIpc) is 3.13. The Bertz CT molecular complexity index is 498. The molecule has 0 aromatic carbocycles. The summed E-state index contributed by atoms with van der Waals surface area (Å²) in [5.41, 5.74) is 11.1. The monoisotopic (exact) mass is 397 g/mol. The number of unbranched alkanes of at least 4 members (excludes halogenated alkanes) is 7. The zero-order valence-corrected chi connectivity index (χ0v) is 17.4. The molecule has 1 aliphatic heterocycles. The minimum absolute atomic E-state index is 0.0615. The van der Waals surface area contributed by atoms with Gasteiger partial charge in [0.05, 0.1) is 12.0 Å². The van der Waals surface area contributed by atoms with Crippen LogP contribution in [0.4, 0.5) is 0 Å². The van der Waals surface area contributed by atoms with Crippen molar-refractivity contribution in [2.75, 3.05) is 6.54 Å². The topological polar surface area (TPSA) is 127 Å². The lowest BCUT2D eigenvalue weighted by Crippen LogP contribution is -2.49. The van der Waals surface area contributed by atoms with Crippen molar-refractivity contribution in [1.29, 1.82) is 0 Å². The lowest BCUT2D eigenvalue weighted by atomic mass is 9.91. The van der Waals surface area contributed by atoms with E-state index in [0.29, 0.717) is 19.4 Å². The van der Waals surface area contributed by atoms with Crippen molar-refractivity contribution in [3.63, 3.8) is 0 Å². The number of nitrogens with two attached hydrogens (primary N) is 2. The van der Waals surface area contributed by atoms with Gasteiger partial charge in [0, 0.05) is 19.0 Å². The van der Waals surface area contributed by atoms with Crippen LogP contribution in [0.2, 0.25) is 0 Å². The van der Waals surface area contributed by atoms with Crippen LogP contribution in [0.15, 0.2) is 0 Å². The lowest BCUT2D eigenvalue weighted by molar-refractivity contribution is -0.146. The first-order valence-corrected chi connectivity index (χ1v) is 11.0. The molecule has 1 aliphatic rings. The molecule has 0 aromatic rings. The molecule has 3 atom stereocenters. The third-order valence-electron chi connectivity index (χ3n) is 5.75. The van der Waals surface area contributed by atoms with E-state index in [2.05, 4.69) is 6.92 Å². The van der Waals surface area contributed by atoms with Crippen molar-refractivity contribution < 1.29 is 19.5 Å². The number of nitrogens with zero attached hydrogens (tertiary/aromatic N) is 1. The maximum atomic E-state index is 12.7. The first-order chi connectivity index (χ1) is 13.4. The van der Waals surface area contributed by atoms with E-state index in [1.807, 2.05) is 0 Å². The second-order valence-electron chi connectivity index (χ2n) is 8.06. The highest BCUT2D eigenvalue weighted by atomic mass is 16.4. The van der Waals surface area contributed by atoms with Crippen LogP contribution in [0.1, 0.15) is 90.4 Å². The largest absolute Gasteiger partial charge is 0.481 e. The minimum atomic E-state index is -0.835. The van der Waals surface area contributed by atoms with E-state index in [9.17, 15) is 19.5 Å². The van der Waals surface area contributed by atoms with Crippen molar-refractivity contribution >= 4 is 17.8 Å². The number of likely N-dealkylation sites (tertiary alicyclic amines) is 1. The number of hydrogen-bond acceptors (Lipinski definition) is 4. The van der Waals surface area contributed by atoms with Crippen LogP contribution in [0.5, 0.6) is 0 Å². The summed E-state index contributed by atoms with van der Waals surface area (Å²) in [6.07, 6.45) is 11.7. The molecule has 162 valence electrons. The van der Waals surface area contributed by atoms with E-state index in [1.165, 1.54) is 32.1 Å². The van der Waals surface area contributed by atoms with Crippen LogP contribution in [0.3, 0.4) is 0 Å². The molecule has 7 heteroatoms. The second kappa shape index (κ2) is 13.5. The van der Waals surface area contributed by atoms with E-state index in [-0.39, 0.29) is 24.8 Å². The molecule has 0 saturated carbocycles. The fourth-order valence-corrected chi connectivity index (χ4v) is 4.10. The zero-order chi connectivity index (χ0) is 20.9. The first-order valence-electron chi connectivity index (χ1n) is 11.0. The van der Waals surface area contributed by atoms with Gasteiger partial charge in [0.2, 0.25) is 11.8 Å². The Morgan fingerprint density at radius 2 is 1.64 bits per heavy atom. The fourth-order valence-electron chi connectivity index (χ4n) is 4.10. The van der Waals surface area contributed by atoms with Gasteiger partial charge in [0.15, 0.2) is 0 Å². The third-order valence-corrected chi connectivity index (χ3v) is 5.75. The summed E-state index contributed by atoms with van der Waals surface area (Å²) in [5.74, 6) is -2.13. The van der Waals surface area contributed by atoms with Crippen LogP contribution in [-0.4, -0.2) is 46.4 Å². The summed E-state index contributed by atoms with van der Waals surface area (Å²) in [4.78, 5) is 37.1. The Hall–Kier alpha value is -1.63. The molecule has 0 radical (unpaired) electrons. The number of primary amides is 1. The van der Waals surface area contributed by atoms with Gasteiger partial charge in [0.25, 0.3) is 0 Å². The number of aliphatic carboxylic acids is 1. The van der Waals surface area contributed by atoms with Crippen molar-refractivity contribution in [3.05, 3.63) is 0 Å². The number of hydrogen-bond donors (Lipinski definition) is 3. The average molecular weight is 398 g/mol. The van der Waals surface area contributed by atoms with Gasteiger partial charge >= 0.3 is 5.97 Å². The molecule has 0 spiro atoms. The lowest BCUT2D eigenvalue weighted by Gasteiger charge is -2.31. The van der Waals surface area contributed by atoms with Crippen molar-refractivity contribution in [2.45, 2.75) is 102 Å². The van der Waals surface area contributed by atoms with Crippen LogP contribution in [0.25, 0.3) is 0 Å². The highest BCUT2D eigenvalue weighted by Crippen LogP contribution is 2.29. The summed E-state index contributed by atoms with van der Waals surface area (Å²) in [7, 11) is 0. The molecule has 28 heavy (non-hydrogen) atoms. The highest BCUT2D eigenvalue weighted by Gasteiger charge is 2.39. The summed E-state index contributed by atoms with van der Waals surface area (Å²) < 4.78 is 0. The van der Waals surface area contributed by atoms with Gasteiger partial charge in [-0.05, 0) is 25.7 Å². The Balaban J connectivity index is 2.48. The molecule has 7 nitrogen and oxygen atoms in total. The summed E-state index contributed by atoms with van der Waals surface area (Å²) in [5, 5.41) is 9.72. The number of rotatable bonds is 15. The van der Waals surface area contributed by atoms with Crippen LogP contribution in [0, 0.1) is 5.92 Å². The third kappa shape index (κ3) is 8.59. The Morgan fingerprint density at radius 1 is 1.04 bits per heavy atom. The fraction of sp³-hybridized carbons (Fsp3) is 0.857. The smallest absolute Gasteiger partial charge is 0.308 e. The molecule has 0 aromatic heterocycles. The van der Waals surface area contributed by atoms with E-state index in [1.54, 1.807) is 4.90 Å². The molecule has 3 unspecified atom stereocenters. The van der Waals surface area contributed by atoms with Crippen molar-refractivity contribution in [2.24, 2.45) is 17.4 Å². The Kier molecular flexibility index (Phi) is 11.8. The number of carboxylic acid groups (broad SMARTS) is 1. The second-order valence-corrected chi connectivity index (χ2v) is 8.06. The molecule has 0 bridgehead atoms. The number of carboxylic acids is 1. The summed E-state index contributed by atoms with van der Waals surface area (Å²) in [6, 6.07) is -1.10. The van der Waals surface area contributed by atoms with Gasteiger partial charge in [-0.2, -0.15) is 0 Å². The number of carbonyl (C=O) groups excluding carboxylic acids is 2. The SMILES string of the molecule is CCCCCCCCCCC(C(=O)O)C1CCCN1C(=O)C(N)CCC(N)=O. The molecule has 0 aliphatic carbocycles. The van der Waals surface area contributed by atoms with E-state index >= 15 is 0 Å². The molecule has 2 amide bonds. The van der Waals surface area contributed by atoms with Crippen LogP contribution in [-0.2, 0) is 14.4 Å². The first kappa shape index (κ1) is 24.4. The Morgan fingerprint density at radius 3 is 2.21 bits per heavy atom. The van der Waals surface area contributed by atoms with Gasteiger partial charge in [-0.25, -0.2) is 0 Å². The van der Waals surface area contributed by atoms with Gasteiger partial charge in [-0.15, -0.1) is 0 Å². The van der Waals surface area contributed by atoms with E-state index in [0.717, 1.165) is 25.7 Å². The highest BCUT2D eigenvalue weighted by molar-refractivity contribution is 5.84. The zero-order valence-electron chi connectivity index (χ0n) is 17.4. The standard InChI is InChI=1S/C21H39N3O4/c1-2-3-4-5-6-7-8-9-11-16(21(27)28)18-12-10-15-24(18)20(26)17(22)13-14-19(23)25/h16-18H,2-15,22H2,1H3,(H2,23,25)(H,27,28). The molecule has 1 saturated heterocycles. The van der Waals surface area contributed by atoms with Gasteiger partial charge in [-0.1, -0.05) is 58.3 Å². The van der Waals surface area contributed by atoms with Gasteiger partial charge < -0.3 is 21.5 Å². The van der Waals surface area contributed by atoms with E-state index < -0.39 is 23.8 Å². The maximum absolute atomic E-state index is 12.7. The molecule has 1 heterocycles. The predicted molar refractivity (Wildman–Crippen MR) is 109 cm³/mol. The minimum Gasteiger partial charge on any atom is -0.481 e. The van der Waals surface area contributed by atoms with Gasteiger partial charge in [-0.3, -0.25) is 14.4 Å². The Labute approximate surface area is 169 Å². The molecule has 5 N–H and O–H groups in total. The predicted octanol–water partition coefficient (Wildman–Crippen LogP) is 2.80. The van der Waals surface area contributed by atoms with E-state index in [4.69, 9.17) is 11.5 Å². The summed E-state index contributed by atoms with van der Waals surface area (Å²) in [6.45, 7) is 2.74.